The van der Waals surface area contributed by atoms with Crippen LogP contribution in [0.25, 0.3) is 0 Å². The van der Waals surface area contributed by atoms with E-state index in [1.807, 2.05) is 0 Å². The molecule has 64 heavy (non-hydrogen) atoms. The molecule has 3 aliphatic heterocycles. The van der Waals surface area contributed by atoms with Crippen molar-refractivity contribution in [1.82, 2.24) is 0 Å². The fraction of sp³-hybridized carbons (Fsp3) is 0.560. The molecule has 2 bridgehead atoms. The largest absolute Gasteiger partial charge is 0.456 e. The van der Waals surface area contributed by atoms with Crippen molar-refractivity contribution in [3.63, 3.8) is 0 Å². The second-order valence-corrected chi connectivity index (χ2v) is 19.5. The van der Waals surface area contributed by atoms with Crippen molar-refractivity contribution < 1.29 is 67.2 Å². The Kier molecular flexibility index (Phi) is 11.2. The van der Waals surface area contributed by atoms with Crippen molar-refractivity contribution in [2.24, 2.45) is 34.5 Å². The number of benzene rings is 3. The summed E-state index contributed by atoms with van der Waals surface area (Å²) in [5, 5.41) is 12.9. The van der Waals surface area contributed by atoms with Crippen LogP contribution in [0, 0.1) is 34.5 Å². The lowest BCUT2D eigenvalue weighted by atomic mass is 9.43. The molecule has 3 aromatic rings. The highest BCUT2D eigenvalue weighted by Gasteiger charge is 2.73. The standard InChI is InChI=1S/C50H56O14/c1-29-38(59-41(51)30-13-7-4-8-14-30)39(60-42(52)31-15-9-5-10-16-31)40(61-43(53)32-17-11-6-12-18-32)45(57-29)58-34-21-24-47(2)33(27-34)19-20-36-35(47)22-25-48(3)37(23-26-49(36,48)55)50-28-56-44(54)46(62-50)63-64-50/h4-18,29,33-40,45-46,55H,19-28H2,1-3H3/t29-,33+,34-,35-,36+,37-,38-,39+,40+,45+,46-,47-,48+,49-,50-/m0/s1. The second-order valence-electron chi connectivity index (χ2n) is 19.5. The third-order valence-corrected chi connectivity index (χ3v) is 16.3. The lowest BCUT2D eigenvalue weighted by Crippen LogP contribution is -2.65. The molecule has 0 radical (unpaired) electrons. The summed E-state index contributed by atoms with van der Waals surface area (Å²) in [6.07, 6.45) is -0.489. The van der Waals surface area contributed by atoms with Crippen molar-refractivity contribution in [1.29, 1.82) is 0 Å². The Morgan fingerprint density at radius 3 is 1.91 bits per heavy atom. The maximum Gasteiger partial charge on any atom is 0.366 e. The van der Waals surface area contributed by atoms with Gasteiger partial charge in [-0.05, 0) is 124 Å². The number of esters is 4. The number of hydrogen-bond acceptors (Lipinski definition) is 14. The molecule has 0 spiro atoms. The number of aliphatic hydroxyl groups is 1. The molecule has 7 fully saturated rings. The summed E-state index contributed by atoms with van der Waals surface area (Å²) in [5.41, 5.74) is -0.771. The Labute approximate surface area is 372 Å². The van der Waals surface area contributed by atoms with E-state index < -0.39 is 77.7 Å². The van der Waals surface area contributed by atoms with Gasteiger partial charge in [-0.1, -0.05) is 68.4 Å². The molecule has 4 aliphatic carbocycles. The SMILES string of the molecule is C[C@@H]1O[C@H](O[C@H]2CC[C@@]3(C)[C@H](CC[C@@H]4[C@@H]3CC[C@]3(C)[C@@H]([C@]56COC(=O)[C@H](OO5)O6)CC[C@]43O)C2)[C@H](OC(=O)c2ccccc2)[C@H](OC(=O)c2ccccc2)[C@H]1OC(=O)c1ccccc1. The summed E-state index contributed by atoms with van der Waals surface area (Å²) in [6, 6.07) is 25.4. The first kappa shape index (κ1) is 43.2. The number of fused-ring (bicyclic) bond motifs is 7. The van der Waals surface area contributed by atoms with E-state index in [1.54, 1.807) is 97.9 Å². The van der Waals surface area contributed by atoms with Gasteiger partial charge >= 0.3 is 23.9 Å². The quantitative estimate of drug-likeness (QED) is 0.0997. The molecule has 7 aliphatic rings. The Balaban J connectivity index is 0.894. The van der Waals surface area contributed by atoms with Crippen molar-refractivity contribution in [3.05, 3.63) is 108 Å². The zero-order valence-corrected chi connectivity index (χ0v) is 36.3. The lowest BCUT2D eigenvalue weighted by Gasteiger charge is -2.64. The molecule has 14 nitrogen and oxygen atoms in total. The highest BCUT2D eigenvalue weighted by molar-refractivity contribution is 5.91. The number of hydrogen-bond donors (Lipinski definition) is 1. The summed E-state index contributed by atoms with van der Waals surface area (Å²) < 4.78 is 43.5. The van der Waals surface area contributed by atoms with Gasteiger partial charge in [0.25, 0.3) is 6.29 Å². The highest BCUT2D eigenvalue weighted by Crippen LogP contribution is 2.71. The van der Waals surface area contributed by atoms with Crippen LogP contribution in [0.4, 0.5) is 0 Å². The third kappa shape index (κ3) is 7.25. The second kappa shape index (κ2) is 16.6. The minimum absolute atomic E-state index is 0.0514. The maximum atomic E-state index is 13.9. The fourth-order valence-electron chi connectivity index (χ4n) is 13.0. The minimum atomic E-state index is -1.32. The van der Waals surface area contributed by atoms with Crippen molar-refractivity contribution in [2.75, 3.05) is 6.61 Å². The van der Waals surface area contributed by atoms with Crippen LogP contribution in [-0.2, 0) is 47.7 Å². The molecule has 4 saturated carbocycles. The molecule has 14 heteroatoms. The number of carbonyl (C=O) groups is 4. The van der Waals surface area contributed by atoms with Gasteiger partial charge in [0, 0.05) is 11.3 Å². The normalized spacial score (nSPS) is 41.1. The molecule has 3 saturated heterocycles. The first-order chi connectivity index (χ1) is 30.8. The predicted molar refractivity (Wildman–Crippen MR) is 224 cm³/mol. The molecule has 3 heterocycles. The summed E-state index contributed by atoms with van der Waals surface area (Å²) >= 11 is 0. The maximum absolute atomic E-state index is 13.9. The van der Waals surface area contributed by atoms with Crippen LogP contribution in [0.2, 0.25) is 0 Å². The minimum Gasteiger partial charge on any atom is -0.456 e. The van der Waals surface area contributed by atoms with E-state index in [9.17, 15) is 24.3 Å². The lowest BCUT2D eigenvalue weighted by molar-refractivity contribution is -0.356. The summed E-state index contributed by atoms with van der Waals surface area (Å²) in [4.78, 5) is 64.6. The zero-order valence-electron chi connectivity index (χ0n) is 36.3. The zero-order chi connectivity index (χ0) is 44.4. The first-order valence-electron chi connectivity index (χ1n) is 22.8. The van der Waals surface area contributed by atoms with Crippen LogP contribution in [-0.4, -0.2) is 90.1 Å². The smallest absolute Gasteiger partial charge is 0.366 e. The van der Waals surface area contributed by atoms with Crippen LogP contribution >= 0.6 is 0 Å². The number of ether oxygens (including phenoxy) is 7. The average molecular weight is 881 g/mol. The van der Waals surface area contributed by atoms with Crippen molar-refractivity contribution >= 4 is 23.9 Å². The molecule has 340 valence electrons. The monoisotopic (exact) mass is 880 g/mol. The molecule has 0 amide bonds. The number of rotatable bonds is 9. The molecule has 0 aromatic heterocycles. The van der Waals surface area contributed by atoms with Gasteiger partial charge in [0.05, 0.1) is 34.5 Å². The summed E-state index contributed by atoms with van der Waals surface area (Å²) in [5.74, 6) is -3.52. The summed E-state index contributed by atoms with van der Waals surface area (Å²) in [7, 11) is 0. The van der Waals surface area contributed by atoms with Crippen molar-refractivity contribution in [3.8, 4) is 0 Å². The van der Waals surface area contributed by atoms with Gasteiger partial charge in [-0.15, -0.1) is 0 Å². The molecular weight excluding hydrogens is 825 g/mol. The summed E-state index contributed by atoms with van der Waals surface area (Å²) in [6.45, 7) is 6.18. The Bertz CT molecular complexity index is 2220. The Hall–Kier alpha value is -4.70. The van der Waals surface area contributed by atoms with Gasteiger partial charge in [-0.3, -0.25) is 0 Å². The highest BCUT2D eigenvalue weighted by atomic mass is 17.3. The van der Waals surface area contributed by atoms with E-state index in [-0.39, 0.29) is 52.9 Å². The van der Waals surface area contributed by atoms with E-state index in [2.05, 4.69) is 13.8 Å². The first-order valence-corrected chi connectivity index (χ1v) is 22.8. The number of carbonyl (C=O) groups excluding carboxylic acids is 4. The fourth-order valence-corrected chi connectivity index (χ4v) is 13.0. The van der Waals surface area contributed by atoms with Crippen LogP contribution in [0.3, 0.4) is 0 Å². The third-order valence-electron chi connectivity index (χ3n) is 16.3. The van der Waals surface area contributed by atoms with Crippen LogP contribution < -0.4 is 0 Å². The molecular formula is C50H56O14. The van der Waals surface area contributed by atoms with Crippen LogP contribution in [0.1, 0.15) is 110 Å². The van der Waals surface area contributed by atoms with E-state index in [1.165, 1.54) is 0 Å². The molecule has 15 atom stereocenters. The van der Waals surface area contributed by atoms with Crippen LogP contribution in [0.15, 0.2) is 91.0 Å². The van der Waals surface area contributed by atoms with E-state index in [0.29, 0.717) is 31.2 Å². The van der Waals surface area contributed by atoms with Crippen molar-refractivity contribution in [2.45, 2.75) is 133 Å². The Morgan fingerprint density at radius 1 is 0.688 bits per heavy atom. The van der Waals surface area contributed by atoms with Gasteiger partial charge in [-0.2, -0.15) is 9.78 Å². The van der Waals surface area contributed by atoms with E-state index in [0.717, 1.165) is 32.1 Å². The average Bonchev–Trinajstić information content (AvgIpc) is 3.82. The molecule has 1 N–H and O–H groups in total. The van der Waals surface area contributed by atoms with Crippen LogP contribution in [0.5, 0.6) is 0 Å². The Morgan fingerprint density at radius 2 is 1.28 bits per heavy atom. The topological polar surface area (TPSA) is 172 Å². The predicted octanol–water partition coefficient (Wildman–Crippen LogP) is 7.12. The van der Waals surface area contributed by atoms with Gasteiger partial charge in [0.1, 0.15) is 6.61 Å². The molecule has 3 aromatic carbocycles. The van der Waals surface area contributed by atoms with E-state index in [4.69, 9.17) is 42.9 Å². The van der Waals surface area contributed by atoms with Gasteiger partial charge in [-0.25, -0.2) is 19.2 Å². The van der Waals surface area contributed by atoms with E-state index >= 15 is 0 Å². The van der Waals surface area contributed by atoms with Gasteiger partial charge in [0.2, 0.25) is 5.79 Å². The molecule has 0 unspecified atom stereocenters. The molecule has 10 rings (SSSR count). The van der Waals surface area contributed by atoms with Gasteiger partial charge in [0.15, 0.2) is 24.6 Å². The number of cyclic esters (lactones) is 1. The van der Waals surface area contributed by atoms with Gasteiger partial charge < -0.3 is 38.3 Å².